The largest absolute Gasteiger partial charge is 0.496 e. The van der Waals surface area contributed by atoms with Crippen molar-refractivity contribution in [3.8, 4) is 11.8 Å². The Kier molecular flexibility index (Phi) is 9.43. The van der Waals surface area contributed by atoms with Crippen molar-refractivity contribution < 1.29 is 19.1 Å². The van der Waals surface area contributed by atoms with Crippen LogP contribution in [-0.4, -0.2) is 48.3 Å². The minimum atomic E-state index is -0.767. The molecule has 0 bridgehead atoms. The number of methoxy groups -OCH3 is 1. The number of amides is 2. The lowest BCUT2D eigenvalue weighted by Crippen LogP contribution is -2.49. The average Bonchev–Trinajstić information content (AvgIpc) is 3.57. The van der Waals surface area contributed by atoms with Gasteiger partial charge in [-0.05, 0) is 55.5 Å². The zero-order chi connectivity index (χ0) is 28.6. The van der Waals surface area contributed by atoms with Gasteiger partial charge in [-0.2, -0.15) is 5.26 Å². The van der Waals surface area contributed by atoms with Gasteiger partial charge in [-0.15, -0.1) is 0 Å². The third-order valence-electron chi connectivity index (χ3n) is 7.37. The van der Waals surface area contributed by atoms with Gasteiger partial charge in [0, 0.05) is 41.4 Å². The number of carbonyl (C=O) groups is 3. The van der Waals surface area contributed by atoms with Gasteiger partial charge in [-0.3, -0.25) is 14.4 Å². The number of ether oxygens (including phenoxy) is 1. The lowest BCUT2D eigenvalue weighted by Gasteiger charge is -2.29. The molecule has 4 rings (SSSR count). The first-order valence-electron chi connectivity index (χ1n) is 13.8. The highest BCUT2D eigenvalue weighted by Crippen LogP contribution is 2.28. The SMILES string of the molecule is COc1cccc2[nH]c(C(=O)C[C@@H](CC(C)C)C(=O)N[C@@H](C[C@@H]3CCNC3=O)C(C#N)Nc3ccccc3)cc12. The Bertz CT molecular complexity index is 1380. The van der Waals surface area contributed by atoms with Crippen LogP contribution in [0.3, 0.4) is 0 Å². The summed E-state index contributed by atoms with van der Waals surface area (Å²) in [6, 6.07) is 17.5. The Labute approximate surface area is 234 Å². The van der Waals surface area contributed by atoms with Crippen LogP contribution in [0.25, 0.3) is 10.9 Å². The maximum absolute atomic E-state index is 13.7. The number of benzene rings is 2. The molecule has 1 unspecified atom stereocenters. The standard InChI is InChI=1S/C31H37N5O4/c1-19(2)14-21(16-28(37)26-17-23-24(35-26)10-7-11-29(23)40-3)31(39)36-25(15-20-12-13-33-30(20)38)27(18-32)34-22-8-5-4-6-9-22/h4-11,17,19-21,25,27,34-35H,12-16H2,1-3H3,(H,33,38)(H,36,39)/t20-,21+,25-,27?/m0/s1. The molecule has 9 nitrogen and oxygen atoms in total. The maximum atomic E-state index is 13.7. The molecule has 0 radical (unpaired) electrons. The van der Waals surface area contributed by atoms with Crippen LogP contribution in [0.4, 0.5) is 5.69 Å². The first-order valence-corrected chi connectivity index (χ1v) is 13.8. The van der Waals surface area contributed by atoms with Crippen LogP contribution >= 0.6 is 0 Å². The molecule has 4 N–H and O–H groups in total. The van der Waals surface area contributed by atoms with Crippen LogP contribution < -0.4 is 20.7 Å². The zero-order valence-electron chi connectivity index (χ0n) is 23.2. The van der Waals surface area contributed by atoms with Gasteiger partial charge >= 0.3 is 0 Å². The van der Waals surface area contributed by atoms with Crippen LogP contribution in [0.1, 0.15) is 50.0 Å². The highest BCUT2D eigenvalue weighted by Gasteiger charge is 2.34. The highest BCUT2D eigenvalue weighted by atomic mass is 16.5. The normalized spacial score (nSPS) is 17.1. The molecule has 1 aromatic heterocycles. The summed E-state index contributed by atoms with van der Waals surface area (Å²) in [5.74, 6) is -0.615. The minimum absolute atomic E-state index is 0.0130. The Hall–Kier alpha value is -4.32. The fraction of sp³-hybridized carbons (Fsp3) is 0.419. The molecule has 2 heterocycles. The summed E-state index contributed by atoms with van der Waals surface area (Å²) in [4.78, 5) is 42.6. The molecule has 0 aliphatic carbocycles. The second-order valence-electron chi connectivity index (χ2n) is 10.8. The second-order valence-corrected chi connectivity index (χ2v) is 10.8. The predicted molar refractivity (Wildman–Crippen MR) is 154 cm³/mol. The van der Waals surface area contributed by atoms with Crippen LogP contribution in [0.15, 0.2) is 54.6 Å². The molecular formula is C31H37N5O4. The third-order valence-corrected chi connectivity index (χ3v) is 7.37. The number of aromatic nitrogens is 1. The summed E-state index contributed by atoms with van der Waals surface area (Å²) < 4.78 is 5.42. The first kappa shape index (κ1) is 28.7. The molecule has 1 aliphatic rings. The Morgan fingerprint density at radius 1 is 1.15 bits per heavy atom. The average molecular weight is 544 g/mol. The molecule has 9 heteroatoms. The lowest BCUT2D eigenvalue weighted by atomic mass is 9.89. The highest BCUT2D eigenvalue weighted by molar-refractivity contribution is 6.02. The molecule has 1 aliphatic heterocycles. The third kappa shape index (κ3) is 7.00. The number of ketones is 1. The van der Waals surface area contributed by atoms with Crippen molar-refractivity contribution in [1.29, 1.82) is 5.26 Å². The number of nitriles is 1. The summed E-state index contributed by atoms with van der Waals surface area (Å²) in [7, 11) is 1.58. The van der Waals surface area contributed by atoms with E-state index in [1.165, 1.54) is 0 Å². The molecule has 1 fully saturated rings. The number of nitrogens with one attached hydrogen (secondary N) is 4. The van der Waals surface area contributed by atoms with E-state index in [0.29, 0.717) is 37.3 Å². The number of rotatable bonds is 13. The number of hydrogen-bond donors (Lipinski definition) is 4. The van der Waals surface area contributed by atoms with Crippen molar-refractivity contribution in [2.24, 2.45) is 17.8 Å². The van der Waals surface area contributed by atoms with Crippen LogP contribution in [0.5, 0.6) is 5.75 Å². The van der Waals surface area contributed by atoms with Gasteiger partial charge in [0.05, 0.1) is 24.9 Å². The van der Waals surface area contributed by atoms with Gasteiger partial charge in [-0.25, -0.2) is 0 Å². The molecule has 0 spiro atoms. The molecule has 2 aromatic carbocycles. The molecular weight excluding hydrogens is 506 g/mol. The number of hydrogen-bond acceptors (Lipinski definition) is 6. The Balaban J connectivity index is 1.54. The van der Waals surface area contributed by atoms with E-state index in [-0.39, 0.29) is 35.9 Å². The summed E-state index contributed by atoms with van der Waals surface area (Å²) >= 11 is 0. The summed E-state index contributed by atoms with van der Waals surface area (Å²) in [6.45, 7) is 4.59. The van der Waals surface area contributed by atoms with Crippen molar-refractivity contribution in [1.82, 2.24) is 15.6 Å². The van der Waals surface area contributed by atoms with Crippen molar-refractivity contribution in [2.75, 3.05) is 19.0 Å². The number of Topliss-reactive ketones (excluding diaryl/α,β-unsaturated/α-hetero) is 1. The Morgan fingerprint density at radius 2 is 1.93 bits per heavy atom. The summed E-state index contributed by atoms with van der Waals surface area (Å²) in [5, 5.41) is 20.0. The van der Waals surface area contributed by atoms with Gasteiger partial charge in [0.25, 0.3) is 0 Å². The van der Waals surface area contributed by atoms with E-state index in [1.54, 1.807) is 13.2 Å². The summed E-state index contributed by atoms with van der Waals surface area (Å²) in [5.41, 5.74) is 1.94. The Morgan fingerprint density at radius 3 is 2.58 bits per heavy atom. The van der Waals surface area contributed by atoms with E-state index in [4.69, 9.17) is 4.74 Å². The number of H-pyrrole nitrogens is 1. The predicted octanol–water partition coefficient (Wildman–Crippen LogP) is 4.43. The van der Waals surface area contributed by atoms with E-state index in [2.05, 4.69) is 27.0 Å². The van der Waals surface area contributed by atoms with Gasteiger partial charge in [-0.1, -0.05) is 38.1 Å². The van der Waals surface area contributed by atoms with Crippen molar-refractivity contribution in [3.63, 3.8) is 0 Å². The van der Waals surface area contributed by atoms with E-state index >= 15 is 0 Å². The zero-order valence-corrected chi connectivity index (χ0v) is 23.2. The van der Waals surface area contributed by atoms with Crippen molar-refractivity contribution in [2.45, 2.75) is 51.6 Å². The van der Waals surface area contributed by atoms with E-state index in [1.807, 2.05) is 62.4 Å². The second kappa shape index (κ2) is 13.2. The molecule has 40 heavy (non-hydrogen) atoms. The van der Waals surface area contributed by atoms with Crippen LogP contribution in [0, 0.1) is 29.1 Å². The molecule has 4 atom stereocenters. The lowest BCUT2D eigenvalue weighted by molar-refractivity contribution is -0.127. The monoisotopic (exact) mass is 543 g/mol. The van der Waals surface area contributed by atoms with Gasteiger partial charge in [0.15, 0.2) is 5.78 Å². The van der Waals surface area contributed by atoms with Crippen molar-refractivity contribution in [3.05, 3.63) is 60.3 Å². The first-order chi connectivity index (χ1) is 19.3. The summed E-state index contributed by atoms with van der Waals surface area (Å²) in [6.07, 6.45) is 1.48. The number of para-hydroxylation sites is 1. The van der Waals surface area contributed by atoms with E-state index < -0.39 is 18.0 Å². The minimum Gasteiger partial charge on any atom is -0.496 e. The van der Waals surface area contributed by atoms with Gasteiger partial charge in [0.2, 0.25) is 11.8 Å². The van der Waals surface area contributed by atoms with Crippen molar-refractivity contribution >= 4 is 34.2 Å². The number of nitrogens with zero attached hydrogens (tertiary/aromatic N) is 1. The molecule has 3 aromatic rings. The molecule has 0 saturated carbocycles. The molecule has 210 valence electrons. The van der Waals surface area contributed by atoms with Gasteiger partial charge < -0.3 is 25.7 Å². The number of fused-ring (bicyclic) bond motifs is 1. The molecule has 1 saturated heterocycles. The maximum Gasteiger partial charge on any atom is 0.223 e. The van der Waals surface area contributed by atoms with E-state index in [0.717, 1.165) is 16.6 Å². The smallest absolute Gasteiger partial charge is 0.223 e. The number of aromatic amines is 1. The van der Waals surface area contributed by atoms with E-state index in [9.17, 15) is 19.6 Å². The number of carbonyl (C=O) groups excluding carboxylic acids is 3. The fourth-order valence-corrected chi connectivity index (χ4v) is 5.33. The fourth-order valence-electron chi connectivity index (χ4n) is 5.33. The van der Waals surface area contributed by atoms with Crippen LogP contribution in [-0.2, 0) is 9.59 Å². The number of anilines is 1. The van der Waals surface area contributed by atoms with Crippen LogP contribution in [0.2, 0.25) is 0 Å². The quantitative estimate of drug-likeness (QED) is 0.236. The molecule has 2 amide bonds. The van der Waals surface area contributed by atoms with Gasteiger partial charge in [0.1, 0.15) is 11.8 Å². The topological polar surface area (TPSA) is 136 Å².